The second-order valence-electron chi connectivity index (χ2n) is 7.59. The molecular formula is C26H26N2O6. The number of allylic oxidation sites excluding steroid dienone is 2. The summed E-state index contributed by atoms with van der Waals surface area (Å²) in [5.41, 5.74) is 5.70. The third kappa shape index (κ3) is 4.34. The molecule has 2 aromatic carbocycles. The molecule has 1 aliphatic rings. The Morgan fingerprint density at radius 2 is 1.74 bits per heavy atom. The van der Waals surface area contributed by atoms with Crippen molar-refractivity contribution in [2.45, 2.75) is 13.3 Å². The Kier molecular flexibility index (Phi) is 6.58. The van der Waals surface area contributed by atoms with E-state index in [0.29, 0.717) is 23.0 Å². The van der Waals surface area contributed by atoms with Crippen LogP contribution in [-0.2, 0) is 4.79 Å². The van der Waals surface area contributed by atoms with Crippen molar-refractivity contribution >= 4 is 29.1 Å². The molecule has 0 radical (unpaired) electrons. The van der Waals surface area contributed by atoms with Crippen molar-refractivity contribution in [2.24, 2.45) is 0 Å². The van der Waals surface area contributed by atoms with Crippen molar-refractivity contribution in [3.05, 3.63) is 65.1 Å². The van der Waals surface area contributed by atoms with Crippen molar-refractivity contribution in [3.8, 4) is 23.0 Å². The Hall–Kier alpha value is -4.20. The monoisotopic (exact) mass is 462 g/mol. The molecule has 0 saturated heterocycles. The Balaban J connectivity index is 1.78. The first-order valence-corrected chi connectivity index (χ1v) is 10.6. The van der Waals surface area contributed by atoms with E-state index in [1.165, 1.54) is 12.5 Å². The van der Waals surface area contributed by atoms with E-state index in [2.05, 4.69) is 10.3 Å². The van der Waals surface area contributed by atoms with Gasteiger partial charge in [-0.3, -0.25) is 10.1 Å². The van der Waals surface area contributed by atoms with Gasteiger partial charge in [-0.2, -0.15) is 0 Å². The predicted octanol–water partition coefficient (Wildman–Crippen LogP) is 5.07. The molecule has 8 heteroatoms. The SMILES string of the molecule is COc1ccc2c(c1)C(CC(=O)Nc1ncco1)=C(C)C2=Cc1cc(OC)c(OC)c(OC)c1. The van der Waals surface area contributed by atoms with E-state index >= 15 is 0 Å². The largest absolute Gasteiger partial charge is 0.497 e. The van der Waals surface area contributed by atoms with Gasteiger partial charge in [-0.15, -0.1) is 0 Å². The highest BCUT2D eigenvalue weighted by Crippen LogP contribution is 2.46. The van der Waals surface area contributed by atoms with Crippen LogP contribution in [-0.4, -0.2) is 39.3 Å². The maximum Gasteiger partial charge on any atom is 0.301 e. The number of amides is 1. The minimum atomic E-state index is -0.223. The molecule has 1 N–H and O–H groups in total. The first kappa shape index (κ1) is 23.0. The van der Waals surface area contributed by atoms with Gasteiger partial charge in [0.2, 0.25) is 11.7 Å². The van der Waals surface area contributed by atoms with E-state index < -0.39 is 0 Å². The minimum absolute atomic E-state index is 0.154. The quantitative estimate of drug-likeness (QED) is 0.500. The molecule has 1 amide bonds. The summed E-state index contributed by atoms with van der Waals surface area (Å²) in [6.07, 6.45) is 5.09. The lowest BCUT2D eigenvalue weighted by Gasteiger charge is -2.13. The zero-order valence-electron chi connectivity index (χ0n) is 19.7. The predicted molar refractivity (Wildman–Crippen MR) is 129 cm³/mol. The molecule has 1 aliphatic carbocycles. The number of ether oxygens (including phenoxy) is 4. The molecule has 1 aromatic heterocycles. The number of methoxy groups -OCH3 is 4. The smallest absolute Gasteiger partial charge is 0.301 e. The second kappa shape index (κ2) is 9.74. The van der Waals surface area contributed by atoms with Gasteiger partial charge in [-0.05, 0) is 70.7 Å². The number of fused-ring (bicyclic) bond motifs is 1. The van der Waals surface area contributed by atoms with Crippen molar-refractivity contribution < 1.29 is 28.2 Å². The molecule has 0 saturated carbocycles. The van der Waals surface area contributed by atoms with Gasteiger partial charge in [0, 0.05) is 0 Å². The first-order valence-electron chi connectivity index (χ1n) is 10.6. The minimum Gasteiger partial charge on any atom is -0.497 e. The number of rotatable bonds is 8. The van der Waals surface area contributed by atoms with E-state index in [1.54, 1.807) is 28.4 Å². The molecule has 1 heterocycles. The summed E-state index contributed by atoms with van der Waals surface area (Å²) in [7, 11) is 6.36. The standard InChI is InChI=1S/C26H26N2O6/c1-15-19(10-16-11-22(31-3)25(33-5)23(12-16)32-4)18-7-6-17(30-2)13-21(18)20(15)14-24(29)28-26-27-8-9-34-26/h6-13H,14H2,1-5H3,(H,27,28,29). The van der Waals surface area contributed by atoms with Crippen molar-refractivity contribution in [3.63, 3.8) is 0 Å². The number of anilines is 1. The fourth-order valence-electron chi connectivity index (χ4n) is 4.08. The van der Waals surface area contributed by atoms with Crippen LogP contribution in [0.25, 0.3) is 17.2 Å². The van der Waals surface area contributed by atoms with Crippen LogP contribution in [0.2, 0.25) is 0 Å². The third-order valence-electron chi connectivity index (χ3n) is 5.71. The zero-order chi connectivity index (χ0) is 24.2. The number of carbonyl (C=O) groups excluding carboxylic acids is 1. The number of hydrogen-bond acceptors (Lipinski definition) is 7. The molecule has 0 fully saturated rings. The molecule has 0 unspecified atom stereocenters. The van der Waals surface area contributed by atoms with E-state index in [0.717, 1.165) is 33.4 Å². The van der Waals surface area contributed by atoms with Crippen LogP contribution >= 0.6 is 0 Å². The van der Waals surface area contributed by atoms with Crippen LogP contribution in [0.4, 0.5) is 6.01 Å². The molecular weight excluding hydrogens is 436 g/mol. The fourth-order valence-corrected chi connectivity index (χ4v) is 4.08. The zero-order valence-corrected chi connectivity index (χ0v) is 19.7. The van der Waals surface area contributed by atoms with E-state index in [1.807, 2.05) is 43.3 Å². The molecule has 8 nitrogen and oxygen atoms in total. The number of oxazole rings is 1. The lowest BCUT2D eigenvalue weighted by Crippen LogP contribution is -2.12. The van der Waals surface area contributed by atoms with E-state index in [-0.39, 0.29) is 18.3 Å². The summed E-state index contributed by atoms with van der Waals surface area (Å²) in [4.78, 5) is 16.7. The van der Waals surface area contributed by atoms with Crippen LogP contribution in [0.3, 0.4) is 0 Å². The Morgan fingerprint density at radius 1 is 1.00 bits per heavy atom. The summed E-state index contributed by atoms with van der Waals surface area (Å²) in [5, 5.41) is 2.69. The van der Waals surface area contributed by atoms with Crippen LogP contribution in [0, 0.1) is 0 Å². The maximum atomic E-state index is 12.7. The van der Waals surface area contributed by atoms with Gasteiger partial charge in [-0.25, -0.2) is 4.98 Å². The van der Waals surface area contributed by atoms with Gasteiger partial charge in [0.05, 0.1) is 41.1 Å². The summed E-state index contributed by atoms with van der Waals surface area (Å²) >= 11 is 0. The molecule has 4 rings (SSSR count). The first-order chi connectivity index (χ1) is 16.5. The molecule has 34 heavy (non-hydrogen) atoms. The van der Waals surface area contributed by atoms with Gasteiger partial charge < -0.3 is 23.4 Å². The van der Waals surface area contributed by atoms with Gasteiger partial charge in [0.1, 0.15) is 12.0 Å². The van der Waals surface area contributed by atoms with E-state index in [4.69, 9.17) is 23.4 Å². The third-order valence-corrected chi connectivity index (χ3v) is 5.71. The number of hydrogen-bond donors (Lipinski definition) is 1. The van der Waals surface area contributed by atoms with Gasteiger partial charge in [-0.1, -0.05) is 6.07 Å². The van der Waals surface area contributed by atoms with Crippen LogP contribution in [0.5, 0.6) is 23.0 Å². The summed E-state index contributed by atoms with van der Waals surface area (Å²) in [6.45, 7) is 2.00. The summed E-state index contributed by atoms with van der Waals surface area (Å²) < 4.78 is 27.0. The van der Waals surface area contributed by atoms with Crippen LogP contribution < -0.4 is 24.3 Å². The molecule has 0 atom stereocenters. The van der Waals surface area contributed by atoms with Gasteiger partial charge >= 0.3 is 6.01 Å². The topological polar surface area (TPSA) is 92.1 Å². The summed E-state index contributed by atoms with van der Waals surface area (Å²) in [6, 6.07) is 9.80. The Bertz CT molecular complexity index is 1250. The highest BCUT2D eigenvalue weighted by atomic mass is 16.5. The van der Waals surface area contributed by atoms with E-state index in [9.17, 15) is 4.79 Å². The highest BCUT2D eigenvalue weighted by molar-refractivity contribution is 6.09. The van der Waals surface area contributed by atoms with Crippen LogP contribution in [0.1, 0.15) is 30.0 Å². The van der Waals surface area contributed by atoms with Crippen molar-refractivity contribution in [1.82, 2.24) is 4.98 Å². The number of benzene rings is 2. The molecule has 0 bridgehead atoms. The molecule has 3 aromatic rings. The number of aromatic nitrogens is 1. The lowest BCUT2D eigenvalue weighted by molar-refractivity contribution is -0.115. The number of nitrogens with zero attached hydrogens (tertiary/aromatic N) is 1. The number of nitrogens with one attached hydrogen (secondary N) is 1. The average Bonchev–Trinajstić information content (AvgIpc) is 3.45. The molecule has 0 aliphatic heterocycles. The van der Waals surface area contributed by atoms with Gasteiger partial charge in [0.15, 0.2) is 11.5 Å². The Morgan fingerprint density at radius 3 is 2.32 bits per heavy atom. The molecule has 0 spiro atoms. The average molecular weight is 463 g/mol. The normalized spacial score (nSPS) is 13.6. The summed E-state index contributed by atoms with van der Waals surface area (Å²) in [5.74, 6) is 2.15. The van der Waals surface area contributed by atoms with Gasteiger partial charge in [0.25, 0.3) is 0 Å². The second-order valence-corrected chi connectivity index (χ2v) is 7.59. The Labute approximate surface area is 197 Å². The van der Waals surface area contributed by atoms with Crippen LogP contribution in [0.15, 0.2) is 52.8 Å². The molecule has 176 valence electrons. The van der Waals surface area contributed by atoms with Crippen molar-refractivity contribution in [2.75, 3.05) is 33.8 Å². The fraction of sp³-hybridized carbons (Fsp3) is 0.231. The number of carbonyl (C=O) groups is 1. The van der Waals surface area contributed by atoms with Crippen molar-refractivity contribution in [1.29, 1.82) is 0 Å². The highest BCUT2D eigenvalue weighted by Gasteiger charge is 2.26. The lowest BCUT2D eigenvalue weighted by atomic mass is 10.00. The maximum absolute atomic E-state index is 12.7.